The second kappa shape index (κ2) is 7.57. The summed E-state index contributed by atoms with van der Waals surface area (Å²) in [4.78, 5) is 32.3. The summed E-state index contributed by atoms with van der Waals surface area (Å²) in [5, 5.41) is 24.5. The third kappa shape index (κ3) is 3.60. The number of rotatable bonds is 5. The molecule has 0 aliphatic carbocycles. The molecule has 2 heterocycles. The molecule has 0 aliphatic heterocycles. The van der Waals surface area contributed by atoms with E-state index in [1.807, 2.05) is 25.3 Å². The van der Waals surface area contributed by atoms with Crippen molar-refractivity contribution in [3.63, 3.8) is 0 Å². The number of hydrogen-bond acceptors (Lipinski definition) is 6. The number of carboxylic acids is 2. The fraction of sp³-hybridized carbons (Fsp3) is 0.0909. The summed E-state index contributed by atoms with van der Waals surface area (Å²) in [6.07, 6.45) is 1.42. The number of nitrogens with one attached hydrogen (secondary N) is 1. The quantitative estimate of drug-likeness (QED) is 0.412. The largest absolute Gasteiger partial charge is 0.478 e. The number of thiophene rings is 1. The van der Waals surface area contributed by atoms with E-state index in [0.717, 1.165) is 38.5 Å². The van der Waals surface area contributed by atoms with Gasteiger partial charge >= 0.3 is 11.9 Å². The van der Waals surface area contributed by atoms with E-state index in [0.29, 0.717) is 11.5 Å². The lowest BCUT2D eigenvalue weighted by atomic mass is 9.99. The van der Waals surface area contributed by atoms with Gasteiger partial charge in [0.15, 0.2) is 0 Å². The average Bonchev–Trinajstić information content (AvgIpc) is 3.12. The Labute approximate surface area is 175 Å². The topological polar surface area (TPSA) is 112 Å². The van der Waals surface area contributed by atoms with Gasteiger partial charge in [0.1, 0.15) is 17.0 Å². The molecule has 0 saturated carbocycles. The van der Waals surface area contributed by atoms with Crippen LogP contribution in [0.3, 0.4) is 0 Å². The fourth-order valence-corrected chi connectivity index (χ4v) is 4.27. The molecule has 0 unspecified atom stereocenters. The highest BCUT2D eigenvalue weighted by molar-refractivity contribution is 7.17. The Morgan fingerprint density at radius 1 is 0.933 bits per heavy atom. The highest BCUT2D eigenvalue weighted by atomic mass is 32.1. The van der Waals surface area contributed by atoms with Crippen LogP contribution in [0.15, 0.2) is 48.1 Å². The molecular formula is C22H17N3O4S. The van der Waals surface area contributed by atoms with E-state index in [-0.39, 0.29) is 11.1 Å². The van der Waals surface area contributed by atoms with Crippen LogP contribution in [0.5, 0.6) is 0 Å². The zero-order valence-electron chi connectivity index (χ0n) is 16.1. The van der Waals surface area contributed by atoms with E-state index in [4.69, 9.17) is 0 Å². The van der Waals surface area contributed by atoms with Gasteiger partial charge in [-0.2, -0.15) is 0 Å². The van der Waals surface area contributed by atoms with E-state index in [2.05, 4.69) is 27.4 Å². The lowest BCUT2D eigenvalue weighted by Crippen LogP contribution is -2.05. The zero-order valence-corrected chi connectivity index (χ0v) is 16.9. The number of aromatic carboxylic acids is 2. The number of fused-ring (bicyclic) bond motifs is 1. The zero-order chi connectivity index (χ0) is 21.4. The van der Waals surface area contributed by atoms with Gasteiger partial charge in [-0.05, 0) is 43.2 Å². The van der Waals surface area contributed by atoms with Crippen molar-refractivity contribution in [1.29, 1.82) is 0 Å². The summed E-state index contributed by atoms with van der Waals surface area (Å²) in [5.41, 5.74) is 4.37. The minimum atomic E-state index is -1.21. The summed E-state index contributed by atoms with van der Waals surface area (Å²) in [6, 6.07) is 10.1. The molecule has 0 fully saturated rings. The summed E-state index contributed by atoms with van der Waals surface area (Å²) in [7, 11) is 0. The molecule has 0 aliphatic rings. The lowest BCUT2D eigenvalue weighted by Gasteiger charge is -2.11. The van der Waals surface area contributed by atoms with Crippen LogP contribution in [0.2, 0.25) is 0 Å². The van der Waals surface area contributed by atoms with Crippen LogP contribution in [0.4, 0.5) is 11.5 Å². The molecule has 4 aromatic rings. The van der Waals surface area contributed by atoms with Gasteiger partial charge < -0.3 is 15.5 Å². The predicted octanol–water partition coefficient (Wildman–Crippen LogP) is 5.12. The third-order valence-corrected chi connectivity index (χ3v) is 5.62. The molecule has 0 spiro atoms. The molecular weight excluding hydrogens is 402 g/mol. The van der Waals surface area contributed by atoms with Crippen LogP contribution < -0.4 is 5.32 Å². The van der Waals surface area contributed by atoms with Crippen LogP contribution in [-0.4, -0.2) is 32.1 Å². The maximum atomic E-state index is 11.4. The molecule has 2 aromatic carbocycles. The van der Waals surface area contributed by atoms with E-state index >= 15 is 0 Å². The first kappa shape index (κ1) is 19.5. The van der Waals surface area contributed by atoms with Crippen molar-refractivity contribution in [2.24, 2.45) is 0 Å². The molecule has 0 amide bonds. The summed E-state index contributed by atoms with van der Waals surface area (Å²) >= 11 is 1.48. The van der Waals surface area contributed by atoms with Crippen LogP contribution in [0.1, 0.15) is 31.8 Å². The number of hydrogen-bond donors (Lipinski definition) is 3. The third-order valence-electron chi connectivity index (χ3n) is 4.73. The Kier molecular flexibility index (Phi) is 4.93. The highest BCUT2D eigenvalue weighted by Crippen LogP contribution is 2.39. The van der Waals surface area contributed by atoms with Crippen LogP contribution in [0.25, 0.3) is 21.3 Å². The number of aryl methyl sites for hydroxylation is 2. The smallest absolute Gasteiger partial charge is 0.335 e. The van der Waals surface area contributed by atoms with Gasteiger partial charge in [0.05, 0.1) is 16.5 Å². The molecule has 0 saturated heterocycles. The van der Waals surface area contributed by atoms with Crippen molar-refractivity contribution < 1.29 is 19.8 Å². The van der Waals surface area contributed by atoms with Crippen LogP contribution in [0, 0.1) is 13.8 Å². The number of carbonyl (C=O) groups is 2. The number of benzene rings is 2. The fourth-order valence-electron chi connectivity index (χ4n) is 3.37. The molecule has 3 N–H and O–H groups in total. The number of anilines is 2. The van der Waals surface area contributed by atoms with Gasteiger partial charge in [-0.25, -0.2) is 19.6 Å². The number of carboxylic acid groups (broad SMARTS) is 2. The van der Waals surface area contributed by atoms with E-state index in [1.54, 1.807) is 0 Å². The van der Waals surface area contributed by atoms with Crippen molar-refractivity contribution in [2.45, 2.75) is 13.8 Å². The van der Waals surface area contributed by atoms with E-state index in [9.17, 15) is 19.8 Å². The first-order valence-electron chi connectivity index (χ1n) is 9.02. The predicted molar refractivity (Wildman–Crippen MR) is 116 cm³/mol. The normalized spacial score (nSPS) is 10.9. The Hall–Kier alpha value is -3.78. The molecule has 7 nitrogen and oxygen atoms in total. The van der Waals surface area contributed by atoms with Crippen LogP contribution in [-0.2, 0) is 0 Å². The van der Waals surface area contributed by atoms with E-state index in [1.165, 1.54) is 29.8 Å². The minimum absolute atomic E-state index is 0.123. The van der Waals surface area contributed by atoms with Crippen molar-refractivity contribution in [3.05, 3.63) is 70.4 Å². The Morgan fingerprint density at radius 2 is 1.63 bits per heavy atom. The van der Waals surface area contributed by atoms with Crippen molar-refractivity contribution in [1.82, 2.24) is 9.97 Å². The Bertz CT molecular complexity index is 1280. The second-order valence-corrected chi connectivity index (χ2v) is 7.76. The molecule has 0 radical (unpaired) electrons. The molecule has 4 rings (SSSR count). The van der Waals surface area contributed by atoms with Gasteiger partial charge in [-0.1, -0.05) is 23.8 Å². The molecule has 150 valence electrons. The Morgan fingerprint density at radius 3 is 2.27 bits per heavy atom. The van der Waals surface area contributed by atoms with E-state index < -0.39 is 11.9 Å². The number of nitrogens with zero attached hydrogens (tertiary/aromatic N) is 2. The van der Waals surface area contributed by atoms with Gasteiger partial charge in [0, 0.05) is 16.6 Å². The maximum absolute atomic E-state index is 11.4. The van der Waals surface area contributed by atoms with Crippen LogP contribution >= 0.6 is 11.3 Å². The summed E-state index contributed by atoms with van der Waals surface area (Å²) < 4.78 is 0. The number of aromatic nitrogens is 2. The van der Waals surface area contributed by atoms with Gasteiger partial charge in [0.2, 0.25) is 0 Å². The summed E-state index contributed by atoms with van der Waals surface area (Å²) in [6.45, 7) is 4.08. The SMILES string of the molecule is Cc1ccc(-c2csc3ncnc(Nc4cc(C(=O)O)cc(C(=O)O)c4)c23)c(C)c1. The monoisotopic (exact) mass is 419 g/mol. The maximum Gasteiger partial charge on any atom is 0.335 e. The highest BCUT2D eigenvalue weighted by Gasteiger charge is 2.17. The molecule has 0 atom stereocenters. The standard InChI is InChI=1S/C22H17N3O4S/c1-11-3-4-16(12(2)5-11)17-9-30-20-18(17)19(23-10-24-20)25-15-7-13(21(26)27)6-14(8-15)22(28)29/h3-10H,1-2H3,(H,26,27)(H,28,29)(H,23,24,25). The Balaban J connectivity index is 1.86. The van der Waals surface area contributed by atoms with Crippen molar-refractivity contribution in [2.75, 3.05) is 5.32 Å². The van der Waals surface area contributed by atoms with Crippen molar-refractivity contribution >= 4 is 45.0 Å². The second-order valence-electron chi connectivity index (χ2n) is 6.90. The molecule has 2 aromatic heterocycles. The van der Waals surface area contributed by atoms with Gasteiger partial charge in [-0.15, -0.1) is 11.3 Å². The van der Waals surface area contributed by atoms with Crippen molar-refractivity contribution in [3.8, 4) is 11.1 Å². The molecule has 0 bridgehead atoms. The first-order chi connectivity index (χ1) is 14.3. The van der Waals surface area contributed by atoms with Gasteiger partial charge in [-0.3, -0.25) is 0 Å². The minimum Gasteiger partial charge on any atom is -0.478 e. The first-order valence-corrected chi connectivity index (χ1v) is 9.90. The molecule has 8 heteroatoms. The average molecular weight is 419 g/mol. The van der Waals surface area contributed by atoms with Gasteiger partial charge in [0.25, 0.3) is 0 Å². The lowest BCUT2D eigenvalue weighted by molar-refractivity contribution is 0.0696. The summed E-state index contributed by atoms with van der Waals surface area (Å²) in [5.74, 6) is -1.93. The molecule has 30 heavy (non-hydrogen) atoms.